The van der Waals surface area contributed by atoms with Gasteiger partial charge in [-0.25, -0.2) is 0 Å². The van der Waals surface area contributed by atoms with Crippen LogP contribution in [0.15, 0.2) is 0 Å². The van der Waals surface area contributed by atoms with E-state index in [4.69, 9.17) is 0 Å². The minimum atomic E-state index is -0.0451. The maximum absolute atomic E-state index is 10.2. The van der Waals surface area contributed by atoms with E-state index in [0.29, 0.717) is 19.3 Å². The Labute approximate surface area is 70.3 Å². The van der Waals surface area contributed by atoms with Crippen LogP contribution in [0.3, 0.4) is 0 Å². The molecule has 0 spiro atoms. The SMILES string of the molecule is O=C(Br)CCCC(=O)Br. The Hall–Kier alpha value is 0.300. The van der Waals surface area contributed by atoms with Gasteiger partial charge in [-0.3, -0.25) is 9.59 Å². The minimum absolute atomic E-state index is 0.0451. The van der Waals surface area contributed by atoms with Gasteiger partial charge in [0.1, 0.15) is 0 Å². The van der Waals surface area contributed by atoms with Crippen LogP contribution in [0.25, 0.3) is 0 Å². The van der Waals surface area contributed by atoms with E-state index in [0.717, 1.165) is 0 Å². The molecule has 0 unspecified atom stereocenters. The molecular formula is C5H6Br2O2. The van der Waals surface area contributed by atoms with Crippen LogP contribution in [0.1, 0.15) is 19.3 Å². The lowest BCUT2D eigenvalue weighted by Crippen LogP contribution is -1.89. The van der Waals surface area contributed by atoms with E-state index in [-0.39, 0.29) is 9.39 Å². The van der Waals surface area contributed by atoms with E-state index in [1.807, 2.05) is 0 Å². The summed E-state index contributed by atoms with van der Waals surface area (Å²) in [6.07, 6.45) is 1.48. The van der Waals surface area contributed by atoms with Crippen LogP contribution in [-0.2, 0) is 9.59 Å². The van der Waals surface area contributed by atoms with Crippen molar-refractivity contribution in [3.63, 3.8) is 0 Å². The summed E-state index contributed by atoms with van der Waals surface area (Å²) < 4.78 is -0.0903. The lowest BCUT2D eigenvalue weighted by molar-refractivity contribution is -0.111. The number of carbonyl (C=O) groups is 2. The molecule has 0 aliphatic rings. The highest BCUT2D eigenvalue weighted by Crippen LogP contribution is 2.03. The molecule has 0 aliphatic heterocycles. The van der Waals surface area contributed by atoms with Crippen LogP contribution in [0.5, 0.6) is 0 Å². The van der Waals surface area contributed by atoms with Crippen LogP contribution >= 0.6 is 31.9 Å². The van der Waals surface area contributed by atoms with E-state index >= 15 is 0 Å². The standard InChI is InChI=1S/C5H6Br2O2/c6-4(8)2-1-3-5(7)9/h1-3H2. The van der Waals surface area contributed by atoms with Crippen molar-refractivity contribution in [3.8, 4) is 0 Å². The molecule has 0 saturated carbocycles. The summed E-state index contributed by atoms with van der Waals surface area (Å²) in [6.45, 7) is 0. The first-order valence-corrected chi connectivity index (χ1v) is 4.08. The maximum atomic E-state index is 10.2. The molecule has 0 aliphatic carbocycles. The van der Waals surface area contributed by atoms with E-state index < -0.39 is 0 Å². The van der Waals surface area contributed by atoms with E-state index in [9.17, 15) is 9.59 Å². The molecule has 0 amide bonds. The van der Waals surface area contributed by atoms with Gasteiger partial charge in [-0.1, -0.05) is 0 Å². The Morgan fingerprint density at radius 2 is 1.33 bits per heavy atom. The Bertz CT molecular complexity index is 108. The molecule has 9 heavy (non-hydrogen) atoms. The highest BCUT2D eigenvalue weighted by Gasteiger charge is 1.97. The number of hydrogen-bond donors (Lipinski definition) is 0. The van der Waals surface area contributed by atoms with Gasteiger partial charge in [0.25, 0.3) is 0 Å². The Morgan fingerprint density at radius 1 is 1.00 bits per heavy atom. The summed E-state index contributed by atoms with van der Waals surface area (Å²) in [7, 11) is 0. The van der Waals surface area contributed by atoms with Gasteiger partial charge in [0, 0.05) is 12.8 Å². The van der Waals surface area contributed by atoms with Gasteiger partial charge in [-0.05, 0) is 38.3 Å². The number of rotatable bonds is 4. The molecule has 0 bridgehead atoms. The van der Waals surface area contributed by atoms with Gasteiger partial charge >= 0.3 is 0 Å². The second-order valence-electron chi connectivity index (χ2n) is 1.56. The number of halogens is 2. The summed E-state index contributed by atoms with van der Waals surface area (Å²) in [6, 6.07) is 0. The van der Waals surface area contributed by atoms with Crippen LogP contribution in [0.2, 0.25) is 0 Å². The first-order valence-electron chi connectivity index (χ1n) is 2.49. The van der Waals surface area contributed by atoms with Crippen molar-refractivity contribution in [2.24, 2.45) is 0 Å². The third-order valence-electron chi connectivity index (χ3n) is 0.747. The zero-order valence-corrected chi connectivity index (χ0v) is 7.87. The van der Waals surface area contributed by atoms with Crippen molar-refractivity contribution >= 4 is 41.2 Å². The molecule has 4 heteroatoms. The normalized spacial score (nSPS) is 9.11. The zero-order valence-electron chi connectivity index (χ0n) is 4.69. The number of carbonyl (C=O) groups excluding carboxylic acids is 2. The first kappa shape index (κ1) is 9.30. The van der Waals surface area contributed by atoms with Gasteiger partial charge in [0.15, 0.2) is 9.39 Å². The van der Waals surface area contributed by atoms with E-state index in [2.05, 4.69) is 31.9 Å². The summed E-state index contributed by atoms with van der Waals surface area (Å²) in [5, 5.41) is 0. The molecule has 0 atom stereocenters. The maximum Gasteiger partial charge on any atom is 0.197 e. The van der Waals surface area contributed by atoms with Crippen LogP contribution < -0.4 is 0 Å². The quantitative estimate of drug-likeness (QED) is 0.722. The van der Waals surface area contributed by atoms with Crippen LogP contribution in [0.4, 0.5) is 0 Å². The van der Waals surface area contributed by atoms with Crippen molar-refractivity contribution in [3.05, 3.63) is 0 Å². The molecule has 0 aromatic rings. The topological polar surface area (TPSA) is 34.1 Å². The average molecular weight is 258 g/mol. The molecule has 0 saturated heterocycles. The summed E-state index contributed by atoms with van der Waals surface area (Å²) in [5.74, 6) is 0. The lowest BCUT2D eigenvalue weighted by Gasteiger charge is -1.88. The molecule has 0 rings (SSSR count). The average Bonchev–Trinajstić information content (AvgIpc) is 1.63. The van der Waals surface area contributed by atoms with Crippen molar-refractivity contribution in [2.45, 2.75) is 19.3 Å². The predicted molar refractivity (Wildman–Crippen MR) is 41.7 cm³/mol. The predicted octanol–water partition coefficient (Wildman–Crippen LogP) is 2.00. The van der Waals surface area contributed by atoms with Crippen LogP contribution in [0, 0.1) is 0 Å². The first-order chi connectivity index (χ1) is 4.13. The Morgan fingerprint density at radius 3 is 1.56 bits per heavy atom. The molecule has 0 heterocycles. The molecular weight excluding hydrogens is 252 g/mol. The van der Waals surface area contributed by atoms with Crippen molar-refractivity contribution in [2.75, 3.05) is 0 Å². The zero-order chi connectivity index (χ0) is 7.28. The fourth-order valence-electron chi connectivity index (χ4n) is 0.366. The lowest BCUT2D eigenvalue weighted by atomic mass is 10.3. The largest absolute Gasteiger partial charge is 0.287 e. The van der Waals surface area contributed by atoms with Crippen molar-refractivity contribution in [1.29, 1.82) is 0 Å². The molecule has 2 nitrogen and oxygen atoms in total. The van der Waals surface area contributed by atoms with E-state index in [1.54, 1.807) is 0 Å². The summed E-state index contributed by atoms with van der Waals surface area (Å²) in [5.41, 5.74) is 0. The van der Waals surface area contributed by atoms with Crippen molar-refractivity contribution in [1.82, 2.24) is 0 Å². The minimum Gasteiger partial charge on any atom is -0.287 e. The Balaban J connectivity index is 3.10. The second-order valence-corrected chi connectivity index (χ2v) is 3.33. The van der Waals surface area contributed by atoms with Gasteiger partial charge in [0.05, 0.1) is 0 Å². The summed E-state index contributed by atoms with van der Waals surface area (Å²) >= 11 is 5.52. The Kier molecular flexibility index (Phi) is 5.28. The van der Waals surface area contributed by atoms with Gasteiger partial charge < -0.3 is 0 Å². The number of hydrogen-bond acceptors (Lipinski definition) is 2. The third kappa shape index (κ3) is 8.30. The smallest absolute Gasteiger partial charge is 0.197 e. The highest BCUT2D eigenvalue weighted by atomic mass is 79.9. The summed E-state index contributed by atoms with van der Waals surface area (Å²) in [4.78, 5) is 20.4. The second kappa shape index (κ2) is 5.11. The van der Waals surface area contributed by atoms with Crippen LogP contribution in [-0.4, -0.2) is 9.39 Å². The molecule has 0 radical (unpaired) electrons. The van der Waals surface area contributed by atoms with Gasteiger partial charge in [-0.2, -0.15) is 0 Å². The molecule has 0 aromatic heterocycles. The van der Waals surface area contributed by atoms with Crippen molar-refractivity contribution < 1.29 is 9.59 Å². The molecule has 0 aromatic carbocycles. The highest BCUT2D eigenvalue weighted by molar-refractivity contribution is 9.18. The fourth-order valence-corrected chi connectivity index (χ4v) is 0.927. The molecule has 52 valence electrons. The van der Waals surface area contributed by atoms with Gasteiger partial charge in [-0.15, -0.1) is 0 Å². The fraction of sp³-hybridized carbons (Fsp3) is 0.600. The van der Waals surface area contributed by atoms with Gasteiger partial charge in [0.2, 0.25) is 0 Å². The third-order valence-corrected chi connectivity index (χ3v) is 1.54. The monoisotopic (exact) mass is 256 g/mol. The van der Waals surface area contributed by atoms with E-state index in [1.165, 1.54) is 0 Å². The molecule has 0 N–H and O–H groups in total. The molecule has 0 fully saturated rings.